The van der Waals surface area contributed by atoms with E-state index in [0.717, 1.165) is 32.1 Å². The molecule has 0 saturated carbocycles. The molecule has 1 unspecified atom stereocenters. The van der Waals surface area contributed by atoms with Crippen LogP contribution in [0.5, 0.6) is 0 Å². The van der Waals surface area contributed by atoms with E-state index in [4.69, 9.17) is 4.74 Å². The molecule has 0 bridgehead atoms. The predicted octanol–water partition coefficient (Wildman–Crippen LogP) is 6.39. The number of methoxy groups -OCH3 is 1. The van der Waals surface area contributed by atoms with Crippen molar-refractivity contribution in [1.29, 1.82) is 0 Å². The molecule has 1 atom stereocenters. The normalized spacial score (nSPS) is 13.7. The van der Waals surface area contributed by atoms with E-state index in [0.29, 0.717) is 12.3 Å². The first kappa shape index (κ1) is 21.7. The van der Waals surface area contributed by atoms with Crippen LogP contribution < -0.4 is 0 Å². The van der Waals surface area contributed by atoms with Gasteiger partial charge in [0.2, 0.25) is 0 Å². The lowest BCUT2D eigenvalue weighted by Gasteiger charge is -2.08. The van der Waals surface area contributed by atoms with Crippen LogP contribution in [0.15, 0.2) is 34.9 Å². The second-order valence-electron chi connectivity index (χ2n) is 6.92. The van der Waals surface area contributed by atoms with Crippen LogP contribution >= 0.6 is 0 Å². The van der Waals surface area contributed by atoms with Crippen LogP contribution in [-0.2, 0) is 9.53 Å². The van der Waals surface area contributed by atoms with Gasteiger partial charge in [0.25, 0.3) is 0 Å². The summed E-state index contributed by atoms with van der Waals surface area (Å²) in [6, 6.07) is 0. The van der Waals surface area contributed by atoms with Crippen LogP contribution in [0, 0.1) is 5.92 Å². The van der Waals surface area contributed by atoms with Gasteiger partial charge in [0.05, 0.1) is 7.11 Å². The molecule has 0 aromatic heterocycles. The summed E-state index contributed by atoms with van der Waals surface area (Å²) in [7, 11) is 1.45. The van der Waals surface area contributed by atoms with Gasteiger partial charge in [-0.3, -0.25) is 4.79 Å². The highest BCUT2D eigenvalue weighted by atomic mass is 16.5. The molecule has 0 saturated heterocycles. The van der Waals surface area contributed by atoms with Gasteiger partial charge in [-0.25, -0.2) is 0 Å². The van der Waals surface area contributed by atoms with Crippen LogP contribution in [0.4, 0.5) is 0 Å². The molecule has 23 heavy (non-hydrogen) atoms. The number of hydrogen-bond acceptors (Lipinski definition) is 2. The van der Waals surface area contributed by atoms with E-state index < -0.39 is 0 Å². The van der Waals surface area contributed by atoms with Gasteiger partial charge in [0.1, 0.15) is 0 Å². The molecule has 2 nitrogen and oxygen atoms in total. The molecular weight excluding hydrogens is 284 g/mol. The number of allylic oxidation sites excluding steroid dienone is 6. The van der Waals surface area contributed by atoms with E-state index in [9.17, 15) is 4.79 Å². The van der Waals surface area contributed by atoms with Crippen LogP contribution in [0.1, 0.15) is 79.6 Å². The first-order valence-corrected chi connectivity index (χ1v) is 8.86. The fraction of sp³-hybridized carbons (Fsp3) is 0.667. The van der Waals surface area contributed by atoms with Gasteiger partial charge < -0.3 is 4.74 Å². The lowest BCUT2D eigenvalue weighted by molar-refractivity contribution is -0.141. The van der Waals surface area contributed by atoms with Crippen molar-refractivity contribution >= 4 is 5.97 Å². The van der Waals surface area contributed by atoms with Crippen molar-refractivity contribution < 1.29 is 9.53 Å². The van der Waals surface area contributed by atoms with Gasteiger partial charge in [-0.2, -0.15) is 0 Å². The Morgan fingerprint density at radius 3 is 1.96 bits per heavy atom. The summed E-state index contributed by atoms with van der Waals surface area (Å²) in [5.74, 6) is 0.288. The van der Waals surface area contributed by atoms with Crippen molar-refractivity contribution in [3.63, 3.8) is 0 Å². The minimum absolute atomic E-state index is 0.105. The monoisotopic (exact) mass is 320 g/mol. The van der Waals surface area contributed by atoms with Crippen LogP contribution in [0.2, 0.25) is 0 Å². The molecule has 0 rings (SSSR count). The van der Waals surface area contributed by atoms with Gasteiger partial charge in [0, 0.05) is 6.42 Å². The molecule has 0 aromatic carbocycles. The summed E-state index contributed by atoms with van der Waals surface area (Å²) in [6.45, 7) is 10.8. The van der Waals surface area contributed by atoms with Crippen LogP contribution in [0.25, 0.3) is 0 Å². The van der Waals surface area contributed by atoms with E-state index in [1.165, 1.54) is 30.2 Å². The molecular formula is C21H36O2. The van der Waals surface area contributed by atoms with E-state index >= 15 is 0 Å². The molecule has 0 aliphatic heterocycles. The Hall–Kier alpha value is -1.31. The summed E-state index contributed by atoms with van der Waals surface area (Å²) < 4.78 is 4.70. The van der Waals surface area contributed by atoms with E-state index in [1.807, 2.05) is 0 Å². The van der Waals surface area contributed by atoms with Crippen molar-refractivity contribution in [2.24, 2.45) is 5.92 Å². The molecule has 0 heterocycles. The predicted molar refractivity (Wildman–Crippen MR) is 100 cm³/mol. The lowest BCUT2D eigenvalue weighted by atomic mass is 10.00. The number of hydrogen-bond donors (Lipinski definition) is 0. The highest BCUT2D eigenvalue weighted by Crippen LogP contribution is 2.15. The van der Waals surface area contributed by atoms with Crippen molar-refractivity contribution in [2.45, 2.75) is 79.6 Å². The van der Waals surface area contributed by atoms with Crippen LogP contribution in [-0.4, -0.2) is 13.1 Å². The molecule has 0 aliphatic carbocycles. The molecule has 0 N–H and O–H groups in total. The third-order valence-corrected chi connectivity index (χ3v) is 4.02. The zero-order chi connectivity index (χ0) is 17.7. The number of ether oxygens (including phenoxy) is 1. The maximum atomic E-state index is 11.2. The Morgan fingerprint density at radius 2 is 1.43 bits per heavy atom. The fourth-order valence-electron chi connectivity index (χ4n) is 2.42. The minimum atomic E-state index is -0.105. The highest BCUT2D eigenvalue weighted by Gasteiger charge is 2.07. The standard InChI is InChI=1S/C21H36O2/c1-17(2)10-7-11-18(3)12-8-13-19(4)14-9-15-20(5)16-21(22)23-6/h10,12,14,20H,7-9,11,13,15-16H2,1-6H3. The first-order valence-electron chi connectivity index (χ1n) is 8.86. The number of rotatable bonds is 11. The lowest BCUT2D eigenvalue weighted by Crippen LogP contribution is -2.06. The maximum Gasteiger partial charge on any atom is 0.305 e. The molecule has 0 aromatic rings. The van der Waals surface area contributed by atoms with Gasteiger partial charge >= 0.3 is 5.97 Å². The van der Waals surface area contributed by atoms with Gasteiger partial charge in [0.15, 0.2) is 0 Å². The Bertz CT molecular complexity index is 423. The van der Waals surface area contributed by atoms with Crippen molar-refractivity contribution in [3.8, 4) is 0 Å². The van der Waals surface area contributed by atoms with Crippen molar-refractivity contribution in [2.75, 3.05) is 7.11 Å². The average molecular weight is 321 g/mol. The third-order valence-electron chi connectivity index (χ3n) is 4.02. The number of esters is 1. The van der Waals surface area contributed by atoms with Crippen molar-refractivity contribution in [1.82, 2.24) is 0 Å². The third kappa shape index (κ3) is 14.0. The Labute approximate surface area is 143 Å². The maximum absolute atomic E-state index is 11.2. The summed E-state index contributed by atoms with van der Waals surface area (Å²) in [4.78, 5) is 11.2. The fourth-order valence-corrected chi connectivity index (χ4v) is 2.42. The SMILES string of the molecule is COC(=O)CC(C)CCC=C(C)CCC=C(C)CCC=C(C)C. The Balaban J connectivity index is 3.93. The number of carbonyl (C=O) groups is 1. The number of carbonyl (C=O) groups excluding carboxylic acids is 1. The summed E-state index contributed by atoms with van der Waals surface area (Å²) in [6.07, 6.45) is 14.2. The zero-order valence-electron chi connectivity index (χ0n) is 16.1. The van der Waals surface area contributed by atoms with E-state index in [1.54, 1.807) is 0 Å². The molecule has 0 amide bonds. The quantitative estimate of drug-likeness (QED) is 0.326. The van der Waals surface area contributed by atoms with Gasteiger partial charge in [-0.05, 0) is 72.1 Å². The van der Waals surface area contributed by atoms with E-state index in [-0.39, 0.29) is 5.97 Å². The summed E-state index contributed by atoms with van der Waals surface area (Å²) >= 11 is 0. The van der Waals surface area contributed by atoms with Gasteiger partial charge in [-0.15, -0.1) is 0 Å². The molecule has 132 valence electrons. The Kier molecular flexibility index (Phi) is 12.4. The minimum Gasteiger partial charge on any atom is -0.469 e. The second kappa shape index (κ2) is 13.2. The van der Waals surface area contributed by atoms with Crippen molar-refractivity contribution in [3.05, 3.63) is 34.9 Å². The summed E-state index contributed by atoms with van der Waals surface area (Å²) in [5.41, 5.74) is 4.34. The Morgan fingerprint density at radius 1 is 0.913 bits per heavy atom. The van der Waals surface area contributed by atoms with E-state index in [2.05, 4.69) is 52.8 Å². The highest BCUT2D eigenvalue weighted by molar-refractivity contribution is 5.69. The zero-order valence-corrected chi connectivity index (χ0v) is 16.1. The molecule has 0 spiro atoms. The average Bonchev–Trinajstić information content (AvgIpc) is 2.46. The smallest absolute Gasteiger partial charge is 0.305 e. The summed E-state index contributed by atoms with van der Waals surface area (Å²) in [5, 5.41) is 0. The van der Waals surface area contributed by atoms with Gasteiger partial charge in [-0.1, -0.05) is 41.9 Å². The second-order valence-corrected chi connectivity index (χ2v) is 6.92. The molecule has 2 heteroatoms. The molecule has 0 radical (unpaired) electrons. The molecule has 0 fully saturated rings. The largest absolute Gasteiger partial charge is 0.469 e. The first-order chi connectivity index (χ1) is 10.8. The van der Waals surface area contributed by atoms with Crippen LogP contribution in [0.3, 0.4) is 0 Å². The molecule has 0 aliphatic rings. The topological polar surface area (TPSA) is 26.3 Å².